The second-order valence-corrected chi connectivity index (χ2v) is 8.39. The third-order valence-electron chi connectivity index (χ3n) is 4.73. The fourth-order valence-corrected chi connectivity index (χ4v) is 4.21. The Morgan fingerprint density at radius 2 is 1.48 bits per heavy atom. The van der Waals surface area contributed by atoms with Crippen LogP contribution in [0.4, 0.5) is 0 Å². The van der Waals surface area contributed by atoms with Crippen molar-refractivity contribution in [2.24, 2.45) is 0 Å². The van der Waals surface area contributed by atoms with Gasteiger partial charge in [0.05, 0.1) is 10.5 Å². The van der Waals surface area contributed by atoms with Crippen molar-refractivity contribution >= 4 is 21.8 Å². The molecule has 0 atom stereocenters. The van der Waals surface area contributed by atoms with E-state index >= 15 is 0 Å². The van der Waals surface area contributed by atoms with Crippen molar-refractivity contribution in [1.82, 2.24) is 14.5 Å². The van der Waals surface area contributed by atoms with E-state index in [-0.39, 0.29) is 34.6 Å². The first-order chi connectivity index (χ1) is 13.8. The zero-order valence-corrected chi connectivity index (χ0v) is 16.9. The van der Waals surface area contributed by atoms with Crippen molar-refractivity contribution < 1.29 is 23.1 Å². The molecular weight excluding hydrogens is 394 g/mol. The standard InChI is InChI=1S/C20H23N3O5S/c1-2-21-29(27,28)16-9-7-15(8-10-16)19(25)22-11-13-23(14-12-22)20(26)17-5-3-4-6-18(17)24/h3-10,21,24H,2,11-14H2,1H3. The van der Waals surface area contributed by atoms with Crippen molar-refractivity contribution in [3.63, 3.8) is 0 Å². The molecule has 0 spiro atoms. The van der Waals surface area contributed by atoms with Gasteiger partial charge < -0.3 is 14.9 Å². The Kier molecular flexibility index (Phi) is 6.19. The summed E-state index contributed by atoms with van der Waals surface area (Å²) in [6.45, 7) is 3.40. The Morgan fingerprint density at radius 3 is 2.03 bits per heavy atom. The van der Waals surface area contributed by atoms with Crippen LogP contribution >= 0.6 is 0 Å². The number of hydrogen-bond acceptors (Lipinski definition) is 5. The second-order valence-electron chi connectivity index (χ2n) is 6.63. The van der Waals surface area contributed by atoms with Gasteiger partial charge in [-0.05, 0) is 36.4 Å². The Balaban J connectivity index is 1.63. The van der Waals surface area contributed by atoms with Crippen LogP contribution in [0.3, 0.4) is 0 Å². The van der Waals surface area contributed by atoms with Gasteiger partial charge in [-0.3, -0.25) is 9.59 Å². The second kappa shape index (κ2) is 8.62. The maximum atomic E-state index is 12.7. The van der Waals surface area contributed by atoms with Gasteiger partial charge in [0.1, 0.15) is 5.75 Å². The predicted octanol–water partition coefficient (Wildman–Crippen LogP) is 1.29. The van der Waals surface area contributed by atoms with Gasteiger partial charge >= 0.3 is 0 Å². The minimum Gasteiger partial charge on any atom is -0.507 e. The highest BCUT2D eigenvalue weighted by atomic mass is 32.2. The van der Waals surface area contributed by atoms with Crippen LogP contribution in [0.25, 0.3) is 0 Å². The third-order valence-corrected chi connectivity index (χ3v) is 6.30. The van der Waals surface area contributed by atoms with E-state index in [1.807, 2.05) is 0 Å². The summed E-state index contributed by atoms with van der Waals surface area (Å²) >= 11 is 0. The van der Waals surface area contributed by atoms with Gasteiger partial charge in [0.25, 0.3) is 11.8 Å². The molecule has 2 amide bonds. The van der Waals surface area contributed by atoms with Gasteiger partial charge in [-0.2, -0.15) is 0 Å². The van der Waals surface area contributed by atoms with Gasteiger partial charge in [0.15, 0.2) is 0 Å². The number of amides is 2. The Hall–Kier alpha value is -2.91. The average Bonchev–Trinajstić information content (AvgIpc) is 2.73. The summed E-state index contributed by atoms with van der Waals surface area (Å²) in [4.78, 5) is 28.6. The van der Waals surface area contributed by atoms with E-state index in [4.69, 9.17) is 0 Å². The minimum absolute atomic E-state index is 0.0661. The summed E-state index contributed by atoms with van der Waals surface area (Å²) in [5.41, 5.74) is 0.630. The summed E-state index contributed by atoms with van der Waals surface area (Å²) in [5, 5.41) is 9.85. The van der Waals surface area contributed by atoms with E-state index in [1.165, 1.54) is 30.3 Å². The normalized spacial score (nSPS) is 14.7. The predicted molar refractivity (Wildman–Crippen MR) is 107 cm³/mol. The molecule has 0 saturated carbocycles. The number of benzene rings is 2. The van der Waals surface area contributed by atoms with E-state index < -0.39 is 10.0 Å². The molecule has 29 heavy (non-hydrogen) atoms. The maximum absolute atomic E-state index is 12.7. The van der Waals surface area contributed by atoms with Gasteiger partial charge in [0.2, 0.25) is 10.0 Å². The monoisotopic (exact) mass is 417 g/mol. The number of phenols is 1. The number of nitrogens with zero attached hydrogens (tertiary/aromatic N) is 2. The molecule has 2 aromatic rings. The molecule has 0 bridgehead atoms. The van der Waals surface area contributed by atoms with Crippen LogP contribution in [-0.2, 0) is 10.0 Å². The van der Waals surface area contributed by atoms with Crippen LogP contribution in [0.5, 0.6) is 5.75 Å². The number of hydrogen-bond donors (Lipinski definition) is 2. The van der Waals surface area contributed by atoms with Gasteiger partial charge in [-0.25, -0.2) is 13.1 Å². The van der Waals surface area contributed by atoms with Crippen LogP contribution in [0.15, 0.2) is 53.4 Å². The number of nitrogens with one attached hydrogen (secondary N) is 1. The number of sulfonamides is 1. The highest BCUT2D eigenvalue weighted by Gasteiger charge is 2.26. The van der Waals surface area contributed by atoms with Crippen LogP contribution in [0.2, 0.25) is 0 Å². The van der Waals surface area contributed by atoms with E-state index in [0.29, 0.717) is 31.7 Å². The molecule has 0 unspecified atom stereocenters. The molecule has 1 aliphatic heterocycles. The van der Waals surface area contributed by atoms with Crippen molar-refractivity contribution in [3.05, 3.63) is 59.7 Å². The smallest absolute Gasteiger partial charge is 0.257 e. The number of carbonyl (C=O) groups excluding carboxylic acids is 2. The minimum atomic E-state index is -3.56. The first-order valence-electron chi connectivity index (χ1n) is 9.29. The summed E-state index contributed by atoms with van der Waals surface area (Å²) in [6.07, 6.45) is 0. The Morgan fingerprint density at radius 1 is 0.931 bits per heavy atom. The number of phenolic OH excluding ortho intramolecular Hbond substituents is 1. The lowest BCUT2D eigenvalue weighted by Crippen LogP contribution is -2.50. The van der Waals surface area contributed by atoms with Crippen molar-refractivity contribution in [2.75, 3.05) is 32.7 Å². The SMILES string of the molecule is CCNS(=O)(=O)c1ccc(C(=O)N2CCN(C(=O)c3ccccc3O)CC2)cc1. The highest BCUT2D eigenvalue weighted by Crippen LogP contribution is 2.19. The Bertz CT molecular complexity index is 997. The average molecular weight is 417 g/mol. The molecule has 3 rings (SSSR count). The zero-order valence-electron chi connectivity index (χ0n) is 16.0. The summed E-state index contributed by atoms with van der Waals surface area (Å²) in [7, 11) is -3.56. The molecule has 154 valence electrons. The van der Waals surface area contributed by atoms with E-state index in [0.717, 1.165) is 0 Å². The third kappa shape index (κ3) is 4.57. The first kappa shape index (κ1) is 20.8. The summed E-state index contributed by atoms with van der Waals surface area (Å²) < 4.78 is 26.4. The molecule has 2 aromatic carbocycles. The molecule has 0 radical (unpaired) electrons. The molecule has 1 fully saturated rings. The van der Waals surface area contributed by atoms with Crippen molar-refractivity contribution in [1.29, 1.82) is 0 Å². The molecule has 1 heterocycles. The number of piperazine rings is 1. The van der Waals surface area contributed by atoms with Crippen LogP contribution in [-0.4, -0.2) is 67.9 Å². The van der Waals surface area contributed by atoms with E-state index in [1.54, 1.807) is 34.9 Å². The van der Waals surface area contributed by atoms with Crippen LogP contribution < -0.4 is 4.72 Å². The van der Waals surface area contributed by atoms with Gasteiger partial charge in [0, 0.05) is 38.3 Å². The lowest BCUT2D eigenvalue weighted by Gasteiger charge is -2.35. The fraction of sp³-hybridized carbons (Fsp3) is 0.300. The highest BCUT2D eigenvalue weighted by molar-refractivity contribution is 7.89. The lowest BCUT2D eigenvalue weighted by atomic mass is 10.1. The van der Waals surface area contributed by atoms with Crippen LogP contribution in [0, 0.1) is 0 Å². The lowest BCUT2D eigenvalue weighted by molar-refractivity contribution is 0.0533. The van der Waals surface area contributed by atoms with Crippen molar-refractivity contribution in [3.8, 4) is 5.75 Å². The Labute approximate surface area is 169 Å². The molecule has 1 saturated heterocycles. The van der Waals surface area contributed by atoms with Crippen molar-refractivity contribution in [2.45, 2.75) is 11.8 Å². The van der Waals surface area contributed by atoms with Gasteiger partial charge in [-0.1, -0.05) is 19.1 Å². The number of aromatic hydroxyl groups is 1. The molecule has 9 heteroatoms. The largest absolute Gasteiger partial charge is 0.507 e. The molecule has 1 aliphatic rings. The number of rotatable bonds is 5. The summed E-state index contributed by atoms with van der Waals surface area (Å²) in [5.74, 6) is -0.552. The molecule has 0 aromatic heterocycles. The van der Waals surface area contributed by atoms with E-state index in [2.05, 4.69) is 4.72 Å². The first-order valence-corrected chi connectivity index (χ1v) is 10.8. The fourth-order valence-electron chi connectivity index (χ4n) is 3.17. The molecular formula is C20H23N3O5S. The molecule has 0 aliphatic carbocycles. The maximum Gasteiger partial charge on any atom is 0.257 e. The number of carbonyl (C=O) groups is 2. The topological polar surface area (TPSA) is 107 Å². The molecule has 2 N–H and O–H groups in total. The molecule has 8 nitrogen and oxygen atoms in total. The zero-order chi connectivity index (χ0) is 21.0. The van der Waals surface area contributed by atoms with Crippen LogP contribution in [0.1, 0.15) is 27.6 Å². The van der Waals surface area contributed by atoms with Gasteiger partial charge in [-0.15, -0.1) is 0 Å². The number of para-hydroxylation sites is 1. The quantitative estimate of drug-likeness (QED) is 0.762. The summed E-state index contributed by atoms with van der Waals surface area (Å²) in [6, 6.07) is 12.2. The van der Waals surface area contributed by atoms with E-state index in [9.17, 15) is 23.1 Å².